The van der Waals surface area contributed by atoms with Gasteiger partial charge in [0, 0.05) is 43.0 Å². The Morgan fingerprint density at radius 3 is 2.60 bits per heavy atom. The van der Waals surface area contributed by atoms with Gasteiger partial charge in [-0.15, -0.1) is 0 Å². The Morgan fingerprint density at radius 2 is 1.95 bits per heavy atom. The van der Waals surface area contributed by atoms with Crippen molar-refractivity contribution in [3.8, 4) is 17.6 Å². The van der Waals surface area contributed by atoms with Crippen LogP contribution in [0.4, 0.5) is 28.9 Å². The highest BCUT2D eigenvalue weighted by atomic mass is 32.2. The van der Waals surface area contributed by atoms with E-state index in [0.717, 1.165) is 10.8 Å². The topological polar surface area (TPSA) is 95.8 Å². The summed E-state index contributed by atoms with van der Waals surface area (Å²) < 4.78 is 85.7. The number of ether oxygens (including phenoxy) is 1. The van der Waals surface area contributed by atoms with Crippen molar-refractivity contribution >= 4 is 32.1 Å². The van der Waals surface area contributed by atoms with Gasteiger partial charge in [-0.1, -0.05) is 12.0 Å². The number of fused-ring (bicyclic) bond motifs is 1. The number of halogens is 4. The van der Waals surface area contributed by atoms with Crippen molar-refractivity contribution in [2.45, 2.75) is 49.3 Å². The first-order valence-electron chi connectivity index (χ1n) is 13.4. The van der Waals surface area contributed by atoms with E-state index in [1.807, 2.05) is 4.90 Å². The van der Waals surface area contributed by atoms with Crippen molar-refractivity contribution in [3.63, 3.8) is 0 Å². The Morgan fingerprint density at radius 1 is 1.19 bits per heavy atom. The number of nitrogens with zero attached hydrogens (tertiary/aromatic N) is 2. The molecule has 1 saturated heterocycles. The predicted octanol–water partition coefficient (Wildman–Crippen LogP) is 4.28. The minimum Gasteiger partial charge on any atom is -0.495 e. The monoisotopic (exact) mass is 610 g/mol. The van der Waals surface area contributed by atoms with E-state index in [2.05, 4.69) is 22.5 Å². The van der Waals surface area contributed by atoms with Gasteiger partial charge >= 0.3 is 6.18 Å². The van der Waals surface area contributed by atoms with Gasteiger partial charge in [-0.05, 0) is 49.6 Å². The molecule has 13 heteroatoms. The van der Waals surface area contributed by atoms with Crippen molar-refractivity contribution in [1.29, 1.82) is 0 Å². The number of aliphatic hydroxyl groups is 1. The van der Waals surface area contributed by atoms with Crippen LogP contribution in [0.5, 0.6) is 5.75 Å². The van der Waals surface area contributed by atoms with E-state index in [1.165, 1.54) is 25.3 Å². The minimum atomic E-state index is -4.50. The van der Waals surface area contributed by atoms with E-state index in [4.69, 9.17) is 4.74 Å². The average Bonchev–Trinajstić information content (AvgIpc) is 3.23. The standard InChI is InChI=1S/C29H34F4N4O4S/c1-19(38)16-36-13-11-25(23(30)17-36)35-24-7-4-8-27-22(24)14-20(37(27)18-29(31,32)33)6-5-12-34-26-10-9-21(42(3,39)40)15-28(26)41-2/h4,7-10,14-15,19,23,25,34-35,38H,11-13,16-18H2,1-3H3/t19?,23-,25+/m1/s1. The molecule has 4 rings (SSSR count). The lowest BCUT2D eigenvalue weighted by molar-refractivity contribution is -0.140. The molecule has 0 radical (unpaired) electrons. The second kappa shape index (κ2) is 12.8. The van der Waals surface area contributed by atoms with E-state index in [-0.39, 0.29) is 29.4 Å². The molecule has 0 saturated carbocycles. The lowest BCUT2D eigenvalue weighted by Crippen LogP contribution is -2.49. The molecule has 0 aliphatic carbocycles. The molecule has 42 heavy (non-hydrogen) atoms. The summed E-state index contributed by atoms with van der Waals surface area (Å²) >= 11 is 0. The molecular formula is C29H34F4N4O4S. The van der Waals surface area contributed by atoms with Crippen LogP contribution in [0.15, 0.2) is 47.4 Å². The molecule has 8 nitrogen and oxygen atoms in total. The van der Waals surface area contributed by atoms with Gasteiger partial charge in [-0.3, -0.25) is 4.90 Å². The van der Waals surface area contributed by atoms with Crippen LogP contribution in [0.1, 0.15) is 19.0 Å². The quantitative estimate of drug-likeness (QED) is 0.246. The predicted molar refractivity (Wildman–Crippen MR) is 155 cm³/mol. The molecule has 1 aliphatic rings. The van der Waals surface area contributed by atoms with Crippen LogP contribution in [0.3, 0.4) is 0 Å². The molecule has 1 aliphatic heterocycles. The first-order valence-corrected chi connectivity index (χ1v) is 15.2. The Bertz CT molecular complexity index is 1580. The van der Waals surface area contributed by atoms with Gasteiger partial charge in [-0.25, -0.2) is 12.8 Å². The number of aliphatic hydroxyl groups excluding tert-OH is 1. The molecule has 3 N–H and O–H groups in total. The van der Waals surface area contributed by atoms with E-state index < -0.39 is 40.9 Å². The summed E-state index contributed by atoms with van der Waals surface area (Å²) in [6.07, 6.45) is -4.74. The zero-order valence-electron chi connectivity index (χ0n) is 23.5. The van der Waals surface area contributed by atoms with Crippen LogP contribution in [-0.4, -0.2) is 87.0 Å². The van der Waals surface area contributed by atoms with Crippen LogP contribution in [-0.2, 0) is 16.4 Å². The van der Waals surface area contributed by atoms with Crippen LogP contribution >= 0.6 is 0 Å². The van der Waals surface area contributed by atoms with Gasteiger partial charge < -0.3 is 25.0 Å². The molecule has 3 aromatic rings. The number of β-amino-alcohol motifs (C(OH)–C–C–N with tert-alkyl or cyclic N) is 1. The summed E-state index contributed by atoms with van der Waals surface area (Å²) in [7, 11) is -2.04. The molecule has 3 atom stereocenters. The SMILES string of the molecule is COc1cc(S(C)(=O)=O)ccc1NCC#Cc1cc2c(N[C@H]3CCN(CC(C)O)C[C@H]3F)cccc2n1CC(F)(F)F. The Hall–Kier alpha value is -3.47. The van der Waals surface area contributed by atoms with E-state index in [1.54, 1.807) is 31.2 Å². The highest BCUT2D eigenvalue weighted by molar-refractivity contribution is 7.90. The highest BCUT2D eigenvalue weighted by Gasteiger charge is 2.32. The maximum absolute atomic E-state index is 15.0. The number of likely N-dealkylation sites (tertiary alicyclic amines) is 1. The fraction of sp³-hybridized carbons (Fsp3) is 0.448. The second-order valence-electron chi connectivity index (χ2n) is 10.4. The van der Waals surface area contributed by atoms with E-state index in [0.29, 0.717) is 41.8 Å². The summed E-state index contributed by atoms with van der Waals surface area (Å²) in [4.78, 5) is 1.94. The van der Waals surface area contributed by atoms with Gasteiger partial charge in [-0.2, -0.15) is 13.2 Å². The van der Waals surface area contributed by atoms with Gasteiger partial charge in [0.1, 0.15) is 18.5 Å². The third-order valence-corrected chi connectivity index (χ3v) is 8.07. The number of rotatable bonds is 9. The summed E-state index contributed by atoms with van der Waals surface area (Å²) in [5, 5.41) is 16.3. The van der Waals surface area contributed by atoms with Crippen LogP contribution < -0.4 is 15.4 Å². The van der Waals surface area contributed by atoms with Crippen LogP contribution in [0, 0.1) is 11.8 Å². The molecule has 1 fully saturated rings. The number of hydrogen-bond donors (Lipinski definition) is 3. The number of piperidine rings is 1. The van der Waals surface area contributed by atoms with Crippen molar-refractivity contribution < 1.29 is 35.8 Å². The average molecular weight is 611 g/mol. The first kappa shape index (κ1) is 31.5. The number of sulfone groups is 1. The Balaban J connectivity index is 1.57. The largest absolute Gasteiger partial charge is 0.495 e. The summed E-state index contributed by atoms with van der Waals surface area (Å²) in [6.45, 7) is 1.55. The molecule has 0 bridgehead atoms. The van der Waals surface area contributed by atoms with E-state index >= 15 is 4.39 Å². The normalized spacial score (nSPS) is 18.8. The highest BCUT2D eigenvalue weighted by Crippen LogP contribution is 2.32. The zero-order chi connectivity index (χ0) is 30.7. The van der Waals surface area contributed by atoms with Crippen LogP contribution in [0.2, 0.25) is 0 Å². The second-order valence-corrected chi connectivity index (χ2v) is 12.4. The zero-order valence-corrected chi connectivity index (χ0v) is 24.3. The van der Waals surface area contributed by atoms with Crippen LogP contribution in [0.25, 0.3) is 10.9 Å². The molecular weight excluding hydrogens is 576 g/mol. The fourth-order valence-electron chi connectivity index (χ4n) is 5.06. The van der Waals surface area contributed by atoms with Gasteiger partial charge in [0.15, 0.2) is 9.84 Å². The number of methoxy groups -OCH3 is 1. The summed E-state index contributed by atoms with van der Waals surface area (Å²) in [6, 6.07) is 10.3. The first-order chi connectivity index (χ1) is 19.7. The van der Waals surface area contributed by atoms with Gasteiger partial charge in [0.25, 0.3) is 0 Å². The molecule has 0 amide bonds. The summed E-state index contributed by atoms with van der Waals surface area (Å²) in [5.41, 5.74) is 1.44. The molecule has 2 heterocycles. The van der Waals surface area contributed by atoms with Crippen molar-refractivity contribution in [3.05, 3.63) is 48.2 Å². The van der Waals surface area contributed by atoms with Gasteiger partial charge in [0.2, 0.25) is 0 Å². The van der Waals surface area contributed by atoms with E-state index in [9.17, 15) is 26.7 Å². The number of anilines is 2. The number of benzene rings is 2. The molecule has 0 spiro atoms. The smallest absolute Gasteiger partial charge is 0.406 e. The van der Waals surface area contributed by atoms with Crippen molar-refractivity contribution in [2.75, 3.05) is 50.2 Å². The number of nitrogens with one attached hydrogen (secondary N) is 2. The lowest BCUT2D eigenvalue weighted by Gasteiger charge is -2.36. The number of alkyl halides is 4. The van der Waals surface area contributed by atoms with Gasteiger partial charge in [0.05, 0.1) is 47.6 Å². The summed E-state index contributed by atoms with van der Waals surface area (Å²) in [5.74, 6) is 5.93. The number of hydrogen-bond acceptors (Lipinski definition) is 7. The minimum absolute atomic E-state index is 0.0434. The maximum Gasteiger partial charge on any atom is 0.406 e. The third kappa shape index (κ3) is 7.87. The fourth-order valence-corrected chi connectivity index (χ4v) is 5.69. The molecule has 228 valence electrons. The maximum atomic E-state index is 15.0. The Kier molecular flexibility index (Phi) is 9.60. The van der Waals surface area contributed by atoms with Crippen molar-refractivity contribution in [1.82, 2.24) is 9.47 Å². The molecule has 2 aromatic carbocycles. The van der Waals surface area contributed by atoms with Crippen molar-refractivity contribution in [2.24, 2.45) is 0 Å². The molecule has 1 aromatic heterocycles. The lowest BCUT2D eigenvalue weighted by atomic mass is 10.0. The number of aromatic nitrogens is 1. The third-order valence-electron chi connectivity index (χ3n) is 6.96. The molecule has 1 unspecified atom stereocenters. The Labute approximate surface area is 242 Å².